The molecule has 0 aromatic heterocycles. The lowest BCUT2D eigenvalue weighted by Crippen LogP contribution is -2.25. The third-order valence-electron chi connectivity index (χ3n) is 6.25. The first-order valence-electron chi connectivity index (χ1n) is 9.56. The Balaban J connectivity index is 2.00. The molecule has 8 heteroatoms. The first-order valence-corrected chi connectivity index (χ1v) is 11.4. The standard InChI is InChI=1S/C22H19F4NO2S/c1-10-17(24)7-14-13(3-4-19(20(10)14)30(2,28)29)15-8-18(25)22(26)16-6-12(23)5-11(9-27)21(15)16/h3-6,10,15,17-18,22H,7-8H2,1-2H3/t10-,15-,17-,18+,22-/m1/s1. The normalized spacial score (nSPS) is 28.0. The maximum atomic E-state index is 14.6. The van der Waals surface area contributed by atoms with Crippen molar-refractivity contribution in [3.05, 3.63) is 63.5 Å². The van der Waals surface area contributed by atoms with Crippen LogP contribution in [0.3, 0.4) is 0 Å². The highest BCUT2D eigenvalue weighted by Gasteiger charge is 2.42. The summed E-state index contributed by atoms with van der Waals surface area (Å²) in [5.74, 6) is -2.32. The van der Waals surface area contributed by atoms with Crippen LogP contribution < -0.4 is 0 Å². The van der Waals surface area contributed by atoms with Crippen molar-refractivity contribution in [3.8, 4) is 6.07 Å². The van der Waals surface area contributed by atoms with E-state index in [-0.39, 0.29) is 34.4 Å². The number of nitriles is 1. The third-order valence-corrected chi connectivity index (χ3v) is 7.40. The minimum atomic E-state index is -3.63. The summed E-state index contributed by atoms with van der Waals surface area (Å²) in [4.78, 5) is 0.0183. The monoisotopic (exact) mass is 437 g/mol. The van der Waals surface area contributed by atoms with E-state index in [9.17, 15) is 31.2 Å². The highest BCUT2D eigenvalue weighted by molar-refractivity contribution is 7.90. The molecule has 0 saturated heterocycles. The molecule has 0 radical (unpaired) electrons. The topological polar surface area (TPSA) is 57.9 Å². The zero-order valence-corrected chi connectivity index (χ0v) is 17.1. The summed E-state index contributed by atoms with van der Waals surface area (Å²) in [6.07, 6.45) is -4.64. The van der Waals surface area contributed by atoms with E-state index in [1.54, 1.807) is 6.92 Å². The second kappa shape index (κ2) is 7.09. The van der Waals surface area contributed by atoms with E-state index in [1.165, 1.54) is 12.1 Å². The molecule has 0 unspecified atom stereocenters. The van der Waals surface area contributed by atoms with Gasteiger partial charge in [0, 0.05) is 24.5 Å². The second-order valence-corrected chi connectivity index (χ2v) is 10.1. The molecule has 0 fully saturated rings. The van der Waals surface area contributed by atoms with Gasteiger partial charge >= 0.3 is 0 Å². The summed E-state index contributed by atoms with van der Waals surface area (Å²) >= 11 is 0. The maximum Gasteiger partial charge on any atom is 0.175 e. The van der Waals surface area contributed by atoms with Crippen molar-refractivity contribution in [2.75, 3.05) is 6.26 Å². The van der Waals surface area contributed by atoms with E-state index in [1.807, 2.05) is 6.07 Å². The molecular weight excluding hydrogens is 418 g/mol. The second-order valence-electron chi connectivity index (χ2n) is 8.10. The molecule has 2 aliphatic rings. The number of alkyl halides is 3. The van der Waals surface area contributed by atoms with Gasteiger partial charge in [-0.25, -0.2) is 26.0 Å². The Morgan fingerprint density at radius 3 is 2.40 bits per heavy atom. The van der Waals surface area contributed by atoms with Crippen LogP contribution >= 0.6 is 0 Å². The van der Waals surface area contributed by atoms with Crippen LogP contribution in [-0.2, 0) is 16.3 Å². The third kappa shape index (κ3) is 3.11. The molecule has 0 saturated carbocycles. The van der Waals surface area contributed by atoms with Gasteiger partial charge in [-0.1, -0.05) is 13.0 Å². The molecule has 5 atom stereocenters. The summed E-state index contributed by atoms with van der Waals surface area (Å²) in [6, 6.07) is 6.58. The summed E-state index contributed by atoms with van der Waals surface area (Å²) in [6.45, 7) is 1.59. The predicted octanol–water partition coefficient (Wildman–Crippen LogP) is 4.98. The van der Waals surface area contributed by atoms with Gasteiger partial charge < -0.3 is 0 Å². The van der Waals surface area contributed by atoms with Crippen LogP contribution in [0.15, 0.2) is 29.2 Å². The molecule has 3 nitrogen and oxygen atoms in total. The van der Waals surface area contributed by atoms with Gasteiger partial charge in [0.1, 0.15) is 18.2 Å². The van der Waals surface area contributed by atoms with Crippen LogP contribution in [0.1, 0.15) is 64.7 Å². The Morgan fingerprint density at radius 2 is 1.77 bits per heavy atom. The molecule has 0 bridgehead atoms. The van der Waals surface area contributed by atoms with Crippen LogP contribution in [0.2, 0.25) is 0 Å². The van der Waals surface area contributed by atoms with E-state index < -0.39 is 46.0 Å². The molecule has 4 rings (SSSR count). The Bertz CT molecular complexity index is 1190. The fraction of sp³-hybridized carbons (Fsp3) is 0.409. The van der Waals surface area contributed by atoms with Crippen molar-refractivity contribution in [2.24, 2.45) is 0 Å². The average Bonchev–Trinajstić information content (AvgIpc) is 2.97. The number of hydrogen-bond acceptors (Lipinski definition) is 3. The smallest absolute Gasteiger partial charge is 0.175 e. The van der Waals surface area contributed by atoms with Gasteiger partial charge in [-0.3, -0.25) is 0 Å². The largest absolute Gasteiger partial charge is 0.246 e. The summed E-state index contributed by atoms with van der Waals surface area (Å²) < 4.78 is 82.2. The fourth-order valence-electron chi connectivity index (χ4n) is 4.88. The molecule has 2 aromatic rings. The number of hydrogen-bond donors (Lipinski definition) is 0. The van der Waals surface area contributed by atoms with E-state index in [0.29, 0.717) is 16.7 Å². The van der Waals surface area contributed by atoms with Crippen LogP contribution in [0, 0.1) is 17.1 Å². The Labute approximate surface area is 172 Å². The van der Waals surface area contributed by atoms with Crippen molar-refractivity contribution in [1.29, 1.82) is 5.26 Å². The first kappa shape index (κ1) is 20.9. The number of benzene rings is 2. The van der Waals surface area contributed by atoms with Crippen LogP contribution in [0.5, 0.6) is 0 Å². The molecule has 0 N–H and O–H groups in total. The molecule has 0 heterocycles. The maximum absolute atomic E-state index is 14.6. The minimum absolute atomic E-state index is 0.0183. The lowest BCUT2D eigenvalue weighted by Gasteiger charge is -2.33. The van der Waals surface area contributed by atoms with Crippen LogP contribution in [-0.4, -0.2) is 27.0 Å². The van der Waals surface area contributed by atoms with E-state index in [4.69, 9.17) is 0 Å². The Kier molecular flexibility index (Phi) is 4.93. The molecule has 2 aliphatic carbocycles. The molecule has 0 aliphatic heterocycles. The van der Waals surface area contributed by atoms with Crippen molar-refractivity contribution < 1.29 is 26.0 Å². The Morgan fingerprint density at radius 1 is 1.07 bits per heavy atom. The summed E-state index contributed by atoms with van der Waals surface area (Å²) in [5, 5.41) is 9.49. The Hall–Kier alpha value is -2.40. The number of fused-ring (bicyclic) bond motifs is 2. The lowest BCUT2D eigenvalue weighted by molar-refractivity contribution is 0.141. The predicted molar refractivity (Wildman–Crippen MR) is 103 cm³/mol. The van der Waals surface area contributed by atoms with Gasteiger partial charge in [0.25, 0.3) is 0 Å². The van der Waals surface area contributed by atoms with E-state index in [0.717, 1.165) is 18.4 Å². The van der Waals surface area contributed by atoms with Crippen molar-refractivity contribution in [3.63, 3.8) is 0 Å². The van der Waals surface area contributed by atoms with Gasteiger partial charge in [0.15, 0.2) is 16.0 Å². The summed E-state index contributed by atoms with van der Waals surface area (Å²) in [5.41, 5.74) is 1.12. The van der Waals surface area contributed by atoms with Crippen molar-refractivity contribution in [1.82, 2.24) is 0 Å². The molecule has 2 aromatic carbocycles. The highest BCUT2D eigenvalue weighted by Crippen LogP contribution is 2.50. The molecular formula is C22H19F4NO2S. The number of nitrogens with zero attached hydrogens (tertiary/aromatic N) is 1. The first-order chi connectivity index (χ1) is 14.0. The quantitative estimate of drug-likeness (QED) is 0.623. The molecule has 30 heavy (non-hydrogen) atoms. The van der Waals surface area contributed by atoms with Crippen molar-refractivity contribution >= 4 is 9.84 Å². The number of rotatable bonds is 2. The summed E-state index contributed by atoms with van der Waals surface area (Å²) in [7, 11) is -3.63. The fourth-order valence-corrected chi connectivity index (χ4v) is 5.90. The SMILES string of the molecule is C[C@H]1c2c(S(C)(=O)=O)ccc([C@H]3C[C@H](F)[C@H](F)c4cc(F)cc(C#N)c43)c2C[C@H]1F. The van der Waals surface area contributed by atoms with Gasteiger partial charge in [-0.2, -0.15) is 5.26 Å². The van der Waals surface area contributed by atoms with Gasteiger partial charge in [-0.05, 0) is 52.4 Å². The van der Waals surface area contributed by atoms with E-state index in [2.05, 4.69) is 0 Å². The average molecular weight is 437 g/mol. The number of halogens is 4. The van der Waals surface area contributed by atoms with Gasteiger partial charge in [0.2, 0.25) is 0 Å². The van der Waals surface area contributed by atoms with Crippen LogP contribution in [0.4, 0.5) is 17.6 Å². The zero-order chi connectivity index (χ0) is 22.0. The molecule has 158 valence electrons. The highest BCUT2D eigenvalue weighted by atomic mass is 32.2. The van der Waals surface area contributed by atoms with E-state index >= 15 is 0 Å². The van der Waals surface area contributed by atoms with Crippen molar-refractivity contribution in [2.45, 2.75) is 55.0 Å². The molecule has 0 spiro atoms. The molecule has 0 amide bonds. The minimum Gasteiger partial charge on any atom is -0.246 e. The number of sulfone groups is 1. The van der Waals surface area contributed by atoms with Crippen LogP contribution in [0.25, 0.3) is 0 Å². The zero-order valence-electron chi connectivity index (χ0n) is 16.3. The van der Waals surface area contributed by atoms with Gasteiger partial charge in [-0.15, -0.1) is 0 Å². The van der Waals surface area contributed by atoms with Gasteiger partial charge in [0.05, 0.1) is 16.5 Å². The lowest BCUT2D eigenvalue weighted by atomic mass is 9.73.